The number of ether oxygens (including phenoxy) is 1. The van der Waals surface area contributed by atoms with Crippen LogP contribution in [0.25, 0.3) is 10.8 Å². The Morgan fingerprint density at radius 1 is 1.26 bits per heavy atom. The molecule has 5 nitrogen and oxygen atoms in total. The molecule has 102 valence electrons. The second kappa shape index (κ2) is 6.92. The van der Waals surface area contributed by atoms with Gasteiger partial charge in [0, 0.05) is 18.5 Å². The van der Waals surface area contributed by atoms with Gasteiger partial charge in [-0.3, -0.25) is 4.79 Å². The summed E-state index contributed by atoms with van der Waals surface area (Å²) in [7, 11) is 0. The molecule has 0 radical (unpaired) electrons. The fourth-order valence-corrected chi connectivity index (χ4v) is 1.87. The predicted octanol–water partition coefficient (Wildman–Crippen LogP) is 1.34. The summed E-state index contributed by atoms with van der Waals surface area (Å²) in [6.45, 7) is 1.71. The smallest absolute Gasteiger partial charge is 0.257 e. The van der Waals surface area contributed by atoms with Crippen LogP contribution in [0.5, 0.6) is 0 Å². The maximum Gasteiger partial charge on any atom is 0.257 e. The van der Waals surface area contributed by atoms with E-state index in [9.17, 15) is 4.79 Å². The molecule has 0 unspecified atom stereocenters. The molecule has 2 rings (SSSR count). The molecule has 1 aromatic carbocycles. The molecule has 5 heteroatoms. The van der Waals surface area contributed by atoms with Crippen molar-refractivity contribution in [2.45, 2.75) is 6.42 Å². The molecule has 1 heterocycles. The van der Waals surface area contributed by atoms with Gasteiger partial charge in [0.15, 0.2) is 0 Å². The van der Waals surface area contributed by atoms with Crippen molar-refractivity contribution in [1.82, 2.24) is 4.98 Å². The summed E-state index contributed by atoms with van der Waals surface area (Å²) in [6, 6.07) is 9.41. The lowest BCUT2D eigenvalue weighted by Crippen LogP contribution is -2.13. The maximum atomic E-state index is 11.8. The lowest BCUT2D eigenvalue weighted by molar-refractivity contribution is 0.0922. The standard InChI is InChI=1S/C14H18N2O3/c17-7-9-19-8-3-6-15-13-10-11-4-1-2-5-12(11)14(18)16-13/h1-2,4-5,10,17H,3,6-9H2,(H2,15,16,18). The minimum atomic E-state index is -0.0860. The predicted molar refractivity (Wildman–Crippen MR) is 75.6 cm³/mol. The van der Waals surface area contributed by atoms with E-state index in [4.69, 9.17) is 9.84 Å². The Bertz CT molecular complexity index is 580. The number of aromatic nitrogens is 1. The average molecular weight is 262 g/mol. The van der Waals surface area contributed by atoms with Crippen LogP contribution in [0, 0.1) is 0 Å². The Hall–Kier alpha value is -1.85. The lowest BCUT2D eigenvalue weighted by atomic mass is 10.2. The number of H-pyrrole nitrogens is 1. The normalized spacial score (nSPS) is 10.8. The largest absolute Gasteiger partial charge is 0.394 e. The zero-order valence-electron chi connectivity index (χ0n) is 10.7. The van der Waals surface area contributed by atoms with Crippen molar-refractivity contribution in [2.24, 2.45) is 0 Å². The summed E-state index contributed by atoms with van der Waals surface area (Å²) in [5, 5.41) is 13.3. The van der Waals surface area contributed by atoms with Crippen LogP contribution in [0.4, 0.5) is 5.82 Å². The summed E-state index contributed by atoms with van der Waals surface area (Å²) in [5.74, 6) is 0.714. The van der Waals surface area contributed by atoms with Gasteiger partial charge in [-0.05, 0) is 23.9 Å². The van der Waals surface area contributed by atoms with Crippen LogP contribution in [-0.4, -0.2) is 36.5 Å². The molecule has 0 atom stereocenters. The highest BCUT2D eigenvalue weighted by atomic mass is 16.5. The van der Waals surface area contributed by atoms with E-state index in [-0.39, 0.29) is 12.2 Å². The monoisotopic (exact) mass is 262 g/mol. The number of hydrogen-bond donors (Lipinski definition) is 3. The van der Waals surface area contributed by atoms with Gasteiger partial charge in [0.25, 0.3) is 5.56 Å². The van der Waals surface area contributed by atoms with Crippen molar-refractivity contribution in [1.29, 1.82) is 0 Å². The highest BCUT2D eigenvalue weighted by Crippen LogP contribution is 2.12. The van der Waals surface area contributed by atoms with Gasteiger partial charge in [-0.25, -0.2) is 0 Å². The van der Waals surface area contributed by atoms with E-state index in [0.717, 1.165) is 11.8 Å². The number of anilines is 1. The van der Waals surface area contributed by atoms with E-state index in [1.54, 1.807) is 6.07 Å². The molecule has 3 N–H and O–H groups in total. The summed E-state index contributed by atoms with van der Waals surface area (Å²) in [4.78, 5) is 14.6. The molecular weight excluding hydrogens is 244 g/mol. The highest BCUT2D eigenvalue weighted by Gasteiger charge is 2.00. The van der Waals surface area contributed by atoms with Gasteiger partial charge in [-0.2, -0.15) is 0 Å². The molecule has 0 saturated carbocycles. The maximum absolute atomic E-state index is 11.8. The Kier molecular flexibility index (Phi) is 4.94. The Morgan fingerprint density at radius 2 is 2.11 bits per heavy atom. The van der Waals surface area contributed by atoms with Crippen molar-refractivity contribution < 1.29 is 9.84 Å². The first-order valence-corrected chi connectivity index (χ1v) is 6.36. The summed E-state index contributed by atoms with van der Waals surface area (Å²) in [6.07, 6.45) is 0.814. The van der Waals surface area contributed by atoms with Gasteiger partial charge in [0.1, 0.15) is 5.82 Å². The summed E-state index contributed by atoms with van der Waals surface area (Å²) >= 11 is 0. The van der Waals surface area contributed by atoms with E-state index in [0.29, 0.717) is 31.0 Å². The second-order valence-electron chi connectivity index (χ2n) is 4.22. The van der Waals surface area contributed by atoms with E-state index in [2.05, 4.69) is 10.3 Å². The van der Waals surface area contributed by atoms with Gasteiger partial charge in [0.2, 0.25) is 0 Å². The molecule has 2 aromatic rings. The minimum Gasteiger partial charge on any atom is -0.394 e. The van der Waals surface area contributed by atoms with Gasteiger partial charge < -0.3 is 20.1 Å². The third kappa shape index (κ3) is 3.81. The second-order valence-corrected chi connectivity index (χ2v) is 4.22. The molecule has 0 amide bonds. The van der Waals surface area contributed by atoms with Crippen LogP contribution in [0.2, 0.25) is 0 Å². The Labute approximate surface area is 111 Å². The Morgan fingerprint density at radius 3 is 2.95 bits per heavy atom. The Balaban J connectivity index is 1.92. The van der Waals surface area contributed by atoms with Gasteiger partial charge >= 0.3 is 0 Å². The zero-order valence-corrected chi connectivity index (χ0v) is 10.7. The molecule has 0 aliphatic carbocycles. The molecule has 0 spiro atoms. The first kappa shape index (κ1) is 13.6. The first-order chi connectivity index (χ1) is 9.31. The van der Waals surface area contributed by atoms with Crippen LogP contribution in [-0.2, 0) is 4.74 Å². The minimum absolute atomic E-state index is 0.0470. The number of rotatable bonds is 7. The summed E-state index contributed by atoms with van der Waals surface area (Å²) < 4.78 is 5.15. The van der Waals surface area contributed by atoms with Crippen molar-refractivity contribution in [3.8, 4) is 0 Å². The van der Waals surface area contributed by atoms with Crippen LogP contribution >= 0.6 is 0 Å². The molecule has 0 bridgehead atoms. The van der Waals surface area contributed by atoms with Crippen LogP contribution in [0.1, 0.15) is 6.42 Å². The lowest BCUT2D eigenvalue weighted by Gasteiger charge is -2.07. The number of hydrogen-bond acceptors (Lipinski definition) is 4. The average Bonchev–Trinajstić information content (AvgIpc) is 2.43. The van der Waals surface area contributed by atoms with E-state index in [1.165, 1.54) is 0 Å². The van der Waals surface area contributed by atoms with Crippen molar-refractivity contribution in [2.75, 3.05) is 31.7 Å². The van der Waals surface area contributed by atoms with Crippen molar-refractivity contribution in [3.05, 3.63) is 40.7 Å². The number of nitrogens with one attached hydrogen (secondary N) is 2. The van der Waals surface area contributed by atoms with Crippen LogP contribution < -0.4 is 10.9 Å². The van der Waals surface area contributed by atoms with E-state index in [1.807, 2.05) is 24.3 Å². The number of aliphatic hydroxyl groups excluding tert-OH is 1. The van der Waals surface area contributed by atoms with Gasteiger partial charge in [0.05, 0.1) is 13.2 Å². The number of aromatic amines is 1. The number of pyridine rings is 1. The molecule has 0 aliphatic rings. The topological polar surface area (TPSA) is 74.4 Å². The quantitative estimate of drug-likeness (QED) is 0.658. The highest BCUT2D eigenvalue weighted by molar-refractivity contribution is 5.83. The molecule has 0 fully saturated rings. The molecule has 0 saturated heterocycles. The fourth-order valence-electron chi connectivity index (χ4n) is 1.87. The third-order valence-corrected chi connectivity index (χ3v) is 2.77. The van der Waals surface area contributed by atoms with E-state index >= 15 is 0 Å². The first-order valence-electron chi connectivity index (χ1n) is 6.36. The van der Waals surface area contributed by atoms with Crippen molar-refractivity contribution in [3.63, 3.8) is 0 Å². The molecular formula is C14H18N2O3. The fraction of sp³-hybridized carbons (Fsp3) is 0.357. The third-order valence-electron chi connectivity index (χ3n) is 2.77. The van der Waals surface area contributed by atoms with Gasteiger partial charge in [-0.15, -0.1) is 0 Å². The van der Waals surface area contributed by atoms with Crippen molar-refractivity contribution >= 4 is 16.6 Å². The molecule has 19 heavy (non-hydrogen) atoms. The number of fused-ring (bicyclic) bond motifs is 1. The summed E-state index contributed by atoms with van der Waals surface area (Å²) in [5.41, 5.74) is -0.0860. The zero-order chi connectivity index (χ0) is 13.5. The number of aliphatic hydroxyl groups is 1. The van der Waals surface area contributed by atoms with Gasteiger partial charge in [-0.1, -0.05) is 18.2 Å². The van der Waals surface area contributed by atoms with Crippen LogP contribution in [0.15, 0.2) is 35.1 Å². The number of benzene rings is 1. The van der Waals surface area contributed by atoms with E-state index < -0.39 is 0 Å². The SMILES string of the molecule is O=c1[nH]c(NCCCOCCO)cc2ccccc12. The molecule has 0 aliphatic heterocycles. The molecule has 1 aromatic heterocycles. The van der Waals surface area contributed by atoms with Crippen LogP contribution in [0.3, 0.4) is 0 Å².